The summed E-state index contributed by atoms with van der Waals surface area (Å²) < 4.78 is 4.96. The monoisotopic (exact) mass is 487 g/mol. The Morgan fingerprint density at radius 1 is 1.15 bits per heavy atom. The summed E-state index contributed by atoms with van der Waals surface area (Å²) in [4.78, 5) is 28.1. The van der Waals surface area contributed by atoms with Gasteiger partial charge in [0.15, 0.2) is 0 Å². The molecular formula is C27H37NO5S. The van der Waals surface area contributed by atoms with E-state index in [1.807, 2.05) is 35.2 Å². The molecular weight excluding hydrogens is 450 g/mol. The molecule has 2 aromatic rings. The van der Waals surface area contributed by atoms with E-state index in [-0.39, 0.29) is 25.2 Å². The molecule has 0 aliphatic carbocycles. The number of aryl methyl sites for hydroxylation is 1. The van der Waals surface area contributed by atoms with Crippen LogP contribution in [-0.4, -0.2) is 41.3 Å². The number of rotatable bonds is 14. The second-order valence-corrected chi connectivity index (χ2v) is 10.1. The molecule has 2 heterocycles. The number of aliphatic hydroxyl groups is 2. The molecule has 1 fully saturated rings. The highest BCUT2D eigenvalue weighted by atomic mass is 32.1. The summed E-state index contributed by atoms with van der Waals surface area (Å²) in [6.45, 7) is 2.01. The van der Waals surface area contributed by atoms with Crippen molar-refractivity contribution in [2.75, 3.05) is 18.1 Å². The number of ether oxygens (including phenoxy) is 1. The zero-order valence-electron chi connectivity index (χ0n) is 20.1. The van der Waals surface area contributed by atoms with Gasteiger partial charge in [-0.3, -0.25) is 4.79 Å². The zero-order valence-corrected chi connectivity index (χ0v) is 20.9. The average molecular weight is 488 g/mol. The van der Waals surface area contributed by atoms with Gasteiger partial charge in [0.25, 0.3) is 0 Å². The Hall–Kier alpha value is -2.22. The van der Waals surface area contributed by atoms with Crippen LogP contribution in [0, 0.1) is 0 Å². The number of nitrogens with zero attached hydrogens (tertiary/aromatic N) is 1. The molecule has 6 nitrogen and oxygen atoms in total. The van der Waals surface area contributed by atoms with E-state index >= 15 is 0 Å². The standard InChI is InChI=1S/C27H37NO5S/c1-2-3-4-5-9-24(30)20-10-12-22(13-11-20)28-21(14-17-26(28)31)7-6-8-23-15-16-25(34-23)27(32)33-19-18-29/h10-13,15-16,21,24,29-30H,2-9,14,17-19H2,1H3/t21-,24+/m0/s1. The minimum Gasteiger partial charge on any atom is -0.459 e. The van der Waals surface area contributed by atoms with Crippen molar-refractivity contribution in [2.45, 2.75) is 83.3 Å². The molecule has 1 aromatic heterocycles. The number of aliphatic hydroxyl groups excluding tert-OH is 2. The highest BCUT2D eigenvalue weighted by Crippen LogP contribution is 2.31. The van der Waals surface area contributed by atoms with Crippen molar-refractivity contribution < 1.29 is 24.5 Å². The van der Waals surface area contributed by atoms with Gasteiger partial charge in [0.05, 0.1) is 12.7 Å². The first-order valence-corrected chi connectivity index (χ1v) is 13.3. The van der Waals surface area contributed by atoms with Gasteiger partial charge in [-0.05, 0) is 61.9 Å². The highest BCUT2D eigenvalue weighted by molar-refractivity contribution is 7.13. The first-order chi connectivity index (χ1) is 16.5. The second kappa shape index (κ2) is 13.6. The van der Waals surface area contributed by atoms with E-state index in [1.54, 1.807) is 6.07 Å². The van der Waals surface area contributed by atoms with E-state index in [4.69, 9.17) is 9.84 Å². The predicted molar refractivity (Wildman–Crippen MR) is 135 cm³/mol. The Labute approximate surface area is 206 Å². The molecule has 7 heteroatoms. The first kappa shape index (κ1) is 26.4. The zero-order chi connectivity index (χ0) is 24.3. The Morgan fingerprint density at radius 3 is 2.68 bits per heavy atom. The van der Waals surface area contributed by atoms with Gasteiger partial charge in [0.2, 0.25) is 5.91 Å². The number of amides is 1. The quantitative estimate of drug-likeness (QED) is 0.274. The molecule has 186 valence electrons. The third-order valence-electron chi connectivity index (χ3n) is 6.36. The maximum atomic E-state index is 12.6. The molecule has 1 aromatic carbocycles. The fourth-order valence-corrected chi connectivity index (χ4v) is 5.45. The first-order valence-electron chi connectivity index (χ1n) is 12.5. The van der Waals surface area contributed by atoms with Crippen LogP contribution in [0.2, 0.25) is 0 Å². The van der Waals surface area contributed by atoms with E-state index in [2.05, 4.69) is 6.92 Å². The third-order valence-corrected chi connectivity index (χ3v) is 7.49. The molecule has 2 N–H and O–H groups in total. The van der Waals surface area contributed by atoms with Crippen LogP contribution in [-0.2, 0) is 16.0 Å². The minimum atomic E-state index is -0.451. The normalized spacial score (nSPS) is 16.7. The van der Waals surface area contributed by atoms with Gasteiger partial charge in [0.1, 0.15) is 11.5 Å². The van der Waals surface area contributed by atoms with Crippen LogP contribution < -0.4 is 4.90 Å². The molecule has 0 radical (unpaired) electrons. The van der Waals surface area contributed by atoms with Gasteiger partial charge in [-0.15, -0.1) is 11.3 Å². The van der Waals surface area contributed by atoms with Gasteiger partial charge in [-0.2, -0.15) is 0 Å². The second-order valence-electron chi connectivity index (χ2n) is 8.93. The number of carbonyl (C=O) groups excluding carboxylic acids is 2. The topological polar surface area (TPSA) is 87.1 Å². The van der Waals surface area contributed by atoms with Crippen molar-refractivity contribution in [1.82, 2.24) is 0 Å². The number of anilines is 1. The molecule has 0 bridgehead atoms. The fourth-order valence-electron chi connectivity index (χ4n) is 4.50. The van der Waals surface area contributed by atoms with E-state index in [0.717, 1.165) is 61.1 Å². The largest absolute Gasteiger partial charge is 0.459 e. The number of benzene rings is 1. The summed E-state index contributed by atoms with van der Waals surface area (Å²) in [5.74, 6) is -0.240. The van der Waals surface area contributed by atoms with Crippen molar-refractivity contribution in [3.05, 3.63) is 51.7 Å². The molecule has 34 heavy (non-hydrogen) atoms. The number of unbranched alkanes of at least 4 members (excludes halogenated alkanes) is 3. The predicted octanol–water partition coefficient (Wildman–Crippen LogP) is 5.42. The molecule has 0 spiro atoms. The molecule has 1 aliphatic heterocycles. The lowest BCUT2D eigenvalue weighted by molar-refractivity contribution is -0.117. The van der Waals surface area contributed by atoms with E-state index in [1.165, 1.54) is 24.2 Å². The average Bonchev–Trinajstić information content (AvgIpc) is 3.47. The smallest absolute Gasteiger partial charge is 0.348 e. The van der Waals surface area contributed by atoms with Crippen molar-refractivity contribution in [1.29, 1.82) is 0 Å². The maximum Gasteiger partial charge on any atom is 0.348 e. The van der Waals surface area contributed by atoms with Crippen LogP contribution >= 0.6 is 11.3 Å². The Bertz CT molecular complexity index is 910. The highest BCUT2D eigenvalue weighted by Gasteiger charge is 2.31. The Balaban J connectivity index is 1.51. The van der Waals surface area contributed by atoms with Crippen molar-refractivity contribution in [2.24, 2.45) is 0 Å². The van der Waals surface area contributed by atoms with Crippen molar-refractivity contribution in [3.63, 3.8) is 0 Å². The van der Waals surface area contributed by atoms with Gasteiger partial charge in [-0.1, -0.05) is 44.7 Å². The lowest BCUT2D eigenvalue weighted by Gasteiger charge is -2.25. The van der Waals surface area contributed by atoms with E-state index < -0.39 is 12.1 Å². The minimum absolute atomic E-state index is 0.0104. The van der Waals surface area contributed by atoms with Crippen molar-refractivity contribution in [3.8, 4) is 0 Å². The molecule has 0 saturated carbocycles. The van der Waals surface area contributed by atoms with Crippen LogP contribution in [0.15, 0.2) is 36.4 Å². The lowest BCUT2D eigenvalue weighted by atomic mass is 10.0. The van der Waals surface area contributed by atoms with Crippen LogP contribution in [0.4, 0.5) is 5.69 Å². The molecule has 1 amide bonds. The lowest BCUT2D eigenvalue weighted by Crippen LogP contribution is -2.32. The Kier molecular flexibility index (Phi) is 10.6. The molecule has 1 saturated heterocycles. The van der Waals surface area contributed by atoms with Gasteiger partial charge >= 0.3 is 5.97 Å². The number of hydrogen-bond acceptors (Lipinski definition) is 6. The molecule has 3 rings (SSSR count). The number of thiophene rings is 1. The van der Waals surface area contributed by atoms with E-state index in [0.29, 0.717) is 11.3 Å². The van der Waals surface area contributed by atoms with Crippen LogP contribution in [0.3, 0.4) is 0 Å². The van der Waals surface area contributed by atoms with Gasteiger partial charge in [-0.25, -0.2) is 4.79 Å². The summed E-state index contributed by atoms with van der Waals surface area (Å²) in [7, 11) is 0. The Morgan fingerprint density at radius 2 is 1.94 bits per heavy atom. The van der Waals surface area contributed by atoms with Crippen molar-refractivity contribution >= 4 is 28.9 Å². The number of esters is 1. The number of carbonyl (C=O) groups is 2. The molecule has 1 aliphatic rings. The fraction of sp³-hybridized carbons (Fsp3) is 0.556. The summed E-state index contributed by atoms with van der Waals surface area (Å²) in [5, 5.41) is 19.2. The third kappa shape index (κ3) is 7.39. The summed E-state index contributed by atoms with van der Waals surface area (Å²) in [6, 6.07) is 11.7. The van der Waals surface area contributed by atoms with Gasteiger partial charge < -0.3 is 19.8 Å². The summed E-state index contributed by atoms with van der Waals surface area (Å²) in [5.41, 5.74) is 1.81. The van der Waals surface area contributed by atoms with Crippen LogP contribution in [0.25, 0.3) is 0 Å². The molecule has 2 atom stereocenters. The van der Waals surface area contributed by atoms with Gasteiger partial charge in [0, 0.05) is 23.0 Å². The van der Waals surface area contributed by atoms with E-state index in [9.17, 15) is 14.7 Å². The maximum absolute atomic E-state index is 12.6. The van der Waals surface area contributed by atoms with Crippen LogP contribution in [0.1, 0.15) is 90.9 Å². The SMILES string of the molecule is CCCCCC[C@@H](O)c1ccc(N2C(=O)CC[C@@H]2CCCc2ccc(C(=O)OCCO)s2)cc1. The number of hydrogen-bond donors (Lipinski definition) is 2. The molecule has 0 unspecified atom stereocenters. The summed E-state index contributed by atoms with van der Waals surface area (Å²) >= 11 is 1.42. The van der Waals surface area contributed by atoms with Crippen LogP contribution in [0.5, 0.6) is 0 Å². The summed E-state index contributed by atoms with van der Waals surface area (Å²) in [6.07, 6.45) is 8.97.